The molecule has 0 unspecified atom stereocenters. The highest BCUT2D eigenvalue weighted by atomic mass is 16.2. The molecule has 0 saturated heterocycles. The Morgan fingerprint density at radius 1 is 1.21 bits per heavy atom. The number of carbonyl (C=O) groups excluding carboxylic acids is 2. The van der Waals surface area contributed by atoms with Gasteiger partial charge in [0.2, 0.25) is 5.91 Å². The number of ketones is 1. The van der Waals surface area contributed by atoms with Crippen LogP contribution in [0.3, 0.4) is 0 Å². The van der Waals surface area contributed by atoms with Gasteiger partial charge < -0.3 is 10.1 Å². The third kappa shape index (κ3) is 5.25. The summed E-state index contributed by atoms with van der Waals surface area (Å²) in [7, 11) is 0. The molecule has 0 bridgehead atoms. The van der Waals surface area contributed by atoms with E-state index in [-0.39, 0.29) is 18.1 Å². The number of Topliss-reactive ketones (excluding diaryl/α,β-unsaturated/α-hetero) is 1. The maximum Gasteiger partial charge on any atom is 0.220 e. The summed E-state index contributed by atoms with van der Waals surface area (Å²) in [5, 5.41) is 2.87. The van der Waals surface area contributed by atoms with E-state index in [1.165, 1.54) is 18.1 Å². The first kappa shape index (κ1) is 15.4. The van der Waals surface area contributed by atoms with Gasteiger partial charge in [-0.15, -0.1) is 0 Å². The number of nitrogens with one attached hydrogen (secondary N) is 1. The van der Waals surface area contributed by atoms with Crippen molar-refractivity contribution in [2.24, 2.45) is 0 Å². The van der Waals surface area contributed by atoms with Crippen molar-refractivity contribution in [3.8, 4) is 0 Å². The molecule has 0 atom stereocenters. The number of benzene rings is 1. The lowest BCUT2D eigenvalue weighted by atomic mass is 9.98. The molecule has 1 N–H and O–H groups in total. The molecule has 3 nitrogen and oxygen atoms in total. The molecule has 104 valence electrons. The van der Waals surface area contributed by atoms with Gasteiger partial charge >= 0.3 is 0 Å². The zero-order chi connectivity index (χ0) is 14.4. The number of hydrogen-bond acceptors (Lipinski definition) is 2. The van der Waals surface area contributed by atoms with Crippen LogP contribution in [0, 0.1) is 6.92 Å². The number of hydrogen-bond donors (Lipinski definition) is 1. The van der Waals surface area contributed by atoms with Crippen molar-refractivity contribution in [1.29, 1.82) is 0 Å². The first-order valence-corrected chi connectivity index (χ1v) is 6.75. The summed E-state index contributed by atoms with van der Waals surface area (Å²) < 4.78 is 0. The fourth-order valence-corrected chi connectivity index (χ4v) is 1.81. The van der Waals surface area contributed by atoms with E-state index in [4.69, 9.17) is 0 Å². The predicted octanol–water partition coefficient (Wildman–Crippen LogP) is 3.10. The zero-order valence-corrected chi connectivity index (χ0v) is 12.2. The molecule has 0 fully saturated rings. The van der Waals surface area contributed by atoms with E-state index in [1.807, 2.05) is 6.92 Å². The Kier molecular flexibility index (Phi) is 5.74. The molecule has 1 aromatic rings. The van der Waals surface area contributed by atoms with Crippen molar-refractivity contribution in [2.75, 3.05) is 0 Å². The SMILES string of the molecule is CC(=O)CCC(=O)NCc1cc(C(C)C)ccc1C. The molecule has 0 spiro atoms. The van der Waals surface area contributed by atoms with Gasteiger partial charge in [0.05, 0.1) is 0 Å². The minimum atomic E-state index is -0.0652. The van der Waals surface area contributed by atoms with E-state index in [0.29, 0.717) is 18.9 Å². The summed E-state index contributed by atoms with van der Waals surface area (Å²) in [6.45, 7) is 8.38. The maximum absolute atomic E-state index is 11.6. The molecule has 0 aliphatic carbocycles. The molecule has 0 saturated carbocycles. The molecular weight excluding hydrogens is 238 g/mol. The van der Waals surface area contributed by atoms with Crippen LogP contribution in [-0.4, -0.2) is 11.7 Å². The summed E-state index contributed by atoms with van der Waals surface area (Å²) in [4.78, 5) is 22.4. The van der Waals surface area contributed by atoms with Gasteiger partial charge in [-0.25, -0.2) is 0 Å². The maximum atomic E-state index is 11.6. The van der Waals surface area contributed by atoms with Crippen molar-refractivity contribution in [2.45, 2.75) is 53.0 Å². The lowest BCUT2D eigenvalue weighted by molar-refractivity contribution is -0.124. The first-order chi connectivity index (χ1) is 8.90. The average Bonchev–Trinajstić information content (AvgIpc) is 2.35. The Hall–Kier alpha value is -1.64. The number of amides is 1. The van der Waals surface area contributed by atoms with Gasteiger partial charge in [0.1, 0.15) is 5.78 Å². The van der Waals surface area contributed by atoms with Crippen molar-refractivity contribution >= 4 is 11.7 Å². The van der Waals surface area contributed by atoms with E-state index in [2.05, 4.69) is 37.4 Å². The number of carbonyl (C=O) groups is 2. The molecule has 0 aliphatic heterocycles. The van der Waals surface area contributed by atoms with Crippen LogP contribution in [0.15, 0.2) is 18.2 Å². The van der Waals surface area contributed by atoms with Gasteiger partial charge in [0, 0.05) is 19.4 Å². The predicted molar refractivity (Wildman–Crippen MR) is 77.0 cm³/mol. The summed E-state index contributed by atoms with van der Waals surface area (Å²) in [6.07, 6.45) is 0.592. The third-order valence-electron chi connectivity index (χ3n) is 3.22. The second-order valence-corrected chi connectivity index (χ2v) is 5.32. The van der Waals surface area contributed by atoms with Crippen LogP contribution in [0.4, 0.5) is 0 Å². The summed E-state index contributed by atoms with van der Waals surface area (Å²) in [5.41, 5.74) is 3.59. The second kappa shape index (κ2) is 7.07. The van der Waals surface area contributed by atoms with Crippen LogP contribution in [0.2, 0.25) is 0 Å². The minimum Gasteiger partial charge on any atom is -0.352 e. The van der Waals surface area contributed by atoms with E-state index in [0.717, 1.165) is 5.56 Å². The van der Waals surface area contributed by atoms with Crippen molar-refractivity contribution < 1.29 is 9.59 Å². The highest BCUT2D eigenvalue weighted by Crippen LogP contribution is 2.18. The molecule has 0 aliphatic rings. The molecular formula is C16H23NO2. The standard InChI is InChI=1S/C16H23NO2/c1-11(2)14-7-5-12(3)15(9-14)10-17-16(19)8-6-13(4)18/h5,7,9,11H,6,8,10H2,1-4H3,(H,17,19). The highest BCUT2D eigenvalue weighted by molar-refractivity contribution is 5.83. The summed E-state index contributed by atoms with van der Waals surface area (Å²) >= 11 is 0. The first-order valence-electron chi connectivity index (χ1n) is 6.75. The van der Waals surface area contributed by atoms with Crippen LogP contribution >= 0.6 is 0 Å². The smallest absolute Gasteiger partial charge is 0.220 e. The fourth-order valence-electron chi connectivity index (χ4n) is 1.81. The van der Waals surface area contributed by atoms with E-state index >= 15 is 0 Å². The Morgan fingerprint density at radius 2 is 1.89 bits per heavy atom. The molecule has 19 heavy (non-hydrogen) atoms. The molecule has 1 aromatic carbocycles. The summed E-state index contributed by atoms with van der Waals surface area (Å²) in [6, 6.07) is 6.36. The normalized spacial score (nSPS) is 10.6. The largest absolute Gasteiger partial charge is 0.352 e. The van der Waals surface area contributed by atoms with Gasteiger partial charge in [0.25, 0.3) is 0 Å². The highest BCUT2D eigenvalue weighted by Gasteiger charge is 2.06. The lowest BCUT2D eigenvalue weighted by Gasteiger charge is -2.12. The van der Waals surface area contributed by atoms with E-state index in [9.17, 15) is 9.59 Å². The number of aryl methyl sites for hydroxylation is 1. The molecule has 1 amide bonds. The quantitative estimate of drug-likeness (QED) is 0.855. The van der Waals surface area contributed by atoms with Crippen LogP contribution in [0.25, 0.3) is 0 Å². The molecule has 0 heterocycles. The van der Waals surface area contributed by atoms with Crippen LogP contribution in [0.5, 0.6) is 0 Å². The van der Waals surface area contributed by atoms with Gasteiger partial charge in [-0.1, -0.05) is 32.0 Å². The Morgan fingerprint density at radius 3 is 2.47 bits per heavy atom. The van der Waals surface area contributed by atoms with Gasteiger partial charge in [0.15, 0.2) is 0 Å². The van der Waals surface area contributed by atoms with Crippen LogP contribution in [0.1, 0.15) is 56.2 Å². The zero-order valence-electron chi connectivity index (χ0n) is 12.2. The Balaban J connectivity index is 2.59. The Bertz CT molecular complexity index is 464. The van der Waals surface area contributed by atoms with Crippen LogP contribution < -0.4 is 5.32 Å². The molecule has 0 aromatic heterocycles. The van der Waals surface area contributed by atoms with Gasteiger partial charge in [-0.05, 0) is 36.5 Å². The monoisotopic (exact) mass is 261 g/mol. The minimum absolute atomic E-state index is 0.0492. The van der Waals surface area contributed by atoms with E-state index < -0.39 is 0 Å². The van der Waals surface area contributed by atoms with Gasteiger partial charge in [-0.2, -0.15) is 0 Å². The third-order valence-corrected chi connectivity index (χ3v) is 3.22. The summed E-state index contributed by atoms with van der Waals surface area (Å²) in [5.74, 6) is 0.463. The second-order valence-electron chi connectivity index (χ2n) is 5.32. The van der Waals surface area contributed by atoms with Gasteiger partial charge in [-0.3, -0.25) is 4.79 Å². The van der Waals surface area contributed by atoms with E-state index in [1.54, 1.807) is 0 Å². The number of rotatable bonds is 6. The van der Waals surface area contributed by atoms with Crippen molar-refractivity contribution in [3.63, 3.8) is 0 Å². The average molecular weight is 261 g/mol. The molecule has 1 rings (SSSR count). The van der Waals surface area contributed by atoms with Crippen molar-refractivity contribution in [1.82, 2.24) is 5.32 Å². The Labute approximate surface area is 115 Å². The van der Waals surface area contributed by atoms with Crippen LogP contribution in [-0.2, 0) is 16.1 Å². The molecule has 3 heteroatoms. The topological polar surface area (TPSA) is 46.2 Å². The fraction of sp³-hybridized carbons (Fsp3) is 0.500. The molecule has 0 radical (unpaired) electrons. The van der Waals surface area contributed by atoms with Crippen molar-refractivity contribution in [3.05, 3.63) is 34.9 Å². The lowest BCUT2D eigenvalue weighted by Crippen LogP contribution is -2.23.